The molecule has 2 fully saturated rings. The molecule has 15 heavy (non-hydrogen) atoms. The number of hydrogen-bond donors (Lipinski definition) is 1. The minimum absolute atomic E-state index is 0.0394. The quantitative estimate of drug-likeness (QED) is 0.775. The molecule has 1 N–H and O–H groups in total. The Morgan fingerprint density at radius 1 is 1.13 bits per heavy atom. The highest BCUT2D eigenvalue weighted by molar-refractivity contribution is 4.90. The van der Waals surface area contributed by atoms with E-state index in [1.165, 1.54) is 51.5 Å². The van der Waals surface area contributed by atoms with Gasteiger partial charge in [-0.05, 0) is 45.1 Å². The first kappa shape index (κ1) is 11.4. The van der Waals surface area contributed by atoms with E-state index in [0.717, 1.165) is 12.5 Å². The second-order valence-corrected chi connectivity index (χ2v) is 5.24. The third kappa shape index (κ3) is 2.54. The van der Waals surface area contributed by atoms with Gasteiger partial charge in [0.1, 0.15) is 0 Å². The van der Waals surface area contributed by atoms with Gasteiger partial charge < -0.3 is 5.11 Å². The molecule has 0 aromatic heterocycles. The fourth-order valence-corrected chi connectivity index (χ4v) is 3.41. The van der Waals surface area contributed by atoms with Gasteiger partial charge >= 0.3 is 0 Å². The maximum atomic E-state index is 9.99. The molecule has 2 nitrogen and oxygen atoms in total. The fraction of sp³-hybridized carbons (Fsp3) is 1.00. The molecule has 2 rings (SSSR count). The molecule has 1 aliphatic heterocycles. The van der Waals surface area contributed by atoms with Crippen molar-refractivity contribution in [2.24, 2.45) is 0 Å². The Hall–Kier alpha value is -0.0800. The largest absolute Gasteiger partial charge is 0.391 e. The van der Waals surface area contributed by atoms with Gasteiger partial charge in [0.05, 0.1) is 6.10 Å². The summed E-state index contributed by atoms with van der Waals surface area (Å²) in [5, 5.41) is 9.99. The summed E-state index contributed by atoms with van der Waals surface area (Å²) in [7, 11) is 0. The Balaban J connectivity index is 1.97. The average molecular weight is 211 g/mol. The van der Waals surface area contributed by atoms with Crippen molar-refractivity contribution in [1.82, 2.24) is 4.90 Å². The summed E-state index contributed by atoms with van der Waals surface area (Å²) in [4.78, 5) is 2.63. The Morgan fingerprint density at radius 3 is 2.67 bits per heavy atom. The number of piperidine rings is 1. The van der Waals surface area contributed by atoms with E-state index in [-0.39, 0.29) is 6.10 Å². The summed E-state index contributed by atoms with van der Waals surface area (Å²) in [5.74, 6) is 0. The topological polar surface area (TPSA) is 23.5 Å². The Bertz CT molecular complexity index is 193. The zero-order valence-corrected chi connectivity index (χ0v) is 9.99. The standard InChI is InChI=1S/C13H25NO/c1-2-6-11-7-3-4-10-14(11)12-8-5-9-13(12)15/h11-13,15H,2-10H2,1H3/t11?,12-,13-/m1/s1. The first-order valence-corrected chi connectivity index (χ1v) is 6.76. The maximum Gasteiger partial charge on any atom is 0.0695 e. The van der Waals surface area contributed by atoms with Crippen LogP contribution in [0.1, 0.15) is 58.3 Å². The van der Waals surface area contributed by atoms with Crippen LogP contribution in [0, 0.1) is 0 Å². The van der Waals surface area contributed by atoms with Gasteiger partial charge in [0.15, 0.2) is 0 Å². The summed E-state index contributed by atoms with van der Waals surface area (Å²) >= 11 is 0. The number of aliphatic hydroxyl groups excluding tert-OH is 1. The van der Waals surface area contributed by atoms with Crippen LogP contribution < -0.4 is 0 Å². The van der Waals surface area contributed by atoms with Crippen LogP contribution >= 0.6 is 0 Å². The third-order valence-corrected chi connectivity index (χ3v) is 4.16. The lowest BCUT2D eigenvalue weighted by Gasteiger charge is -2.41. The molecule has 0 spiro atoms. The van der Waals surface area contributed by atoms with Crippen molar-refractivity contribution in [3.63, 3.8) is 0 Å². The minimum Gasteiger partial charge on any atom is -0.391 e. The van der Waals surface area contributed by atoms with E-state index in [1.54, 1.807) is 0 Å². The zero-order valence-electron chi connectivity index (χ0n) is 9.99. The van der Waals surface area contributed by atoms with Crippen LogP contribution in [0.15, 0.2) is 0 Å². The second-order valence-electron chi connectivity index (χ2n) is 5.24. The van der Waals surface area contributed by atoms with E-state index < -0.39 is 0 Å². The molecule has 1 heterocycles. The van der Waals surface area contributed by atoms with E-state index in [2.05, 4.69) is 11.8 Å². The SMILES string of the molecule is CCCC1CCCCN1[C@@H]1CCC[C@H]1O. The van der Waals surface area contributed by atoms with Crippen molar-refractivity contribution < 1.29 is 5.11 Å². The second kappa shape index (κ2) is 5.31. The highest BCUT2D eigenvalue weighted by atomic mass is 16.3. The monoisotopic (exact) mass is 211 g/mol. The fourth-order valence-electron chi connectivity index (χ4n) is 3.41. The van der Waals surface area contributed by atoms with Crippen molar-refractivity contribution in [3.8, 4) is 0 Å². The molecule has 3 atom stereocenters. The van der Waals surface area contributed by atoms with Gasteiger partial charge in [-0.15, -0.1) is 0 Å². The van der Waals surface area contributed by atoms with Gasteiger partial charge in [0, 0.05) is 12.1 Å². The van der Waals surface area contributed by atoms with Crippen LogP contribution in [-0.4, -0.2) is 34.7 Å². The van der Waals surface area contributed by atoms with Crippen LogP contribution in [0.25, 0.3) is 0 Å². The first-order valence-electron chi connectivity index (χ1n) is 6.76. The molecular formula is C13H25NO. The minimum atomic E-state index is -0.0394. The smallest absolute Gasteiger partial charge is 0.0695 e. The zero-order chi connectivity index (χ0) is 10.7. The number of rotatable bonds is 3. The Kier molecular flexibility index (Phi) is 4.04. The average Bonchev–Trinajstić information content (AvgIpc) is 2.66. The van der Waals surface area contributed by atoms with Gasteiger partial charge in [-0.3, -0.25) is 4.90 Å². The van der Waals surface area contributed by atoms with Crippen LogP contribution in [0.5, 0.6) is 0 Å². The summed E-state index contributed by atoms with van der Waals surface area (Å²) in [6.07, 6.45) is 10.1. The van der Waals surface area contributed by atoms with E-state index in [1.807, 2.05) is 0 Å². The van der Waals surface area contributed by atoms with Crippen molar-refractivity contribution >= 4 is 0 Å². The Labute approximate surface area is 93.7 Å². The summed E-state index contributed by atoms with van der Waals surface area (Å²) < 4.78 is 0. The molecule has 88 valence electrons. The van der Waals surface area contributed by atoms with Crippen molar-refractivity contribution in [2.75, 3.05) is 6.54 Å². The lowest BCUT2D eigenvalue weighted by atomic mass is 9.95. The molecule has 2 aliphatic rings. The van der Waals surface area contributed by atoms with Gasteiger partial charge in [0.2, 0.25) is 0 Å². The summed E-state index contributed by atoms with van der Waals surface area (Å²) in [6, 6.07) is 1.25. The highest BCUT2D eigenvalue weighted by Gasteiger charge is 2.35. The number of hydrogen-bond acceptors (Lipinski definition) is 2. The molecule has 1 saturated heterocycles. The van der Waals surface area contributed by atoms with Crippen LogP contribution in [-0.2, 0) is 0 Å². The molecule has 0 radical (unpaired) electrons. The molecular weight excluding hydrogens is 186 g/mol. The highest BCUT2D eigenvalue weighted by Crippen LogP contribution is 2.31. The predicted octanol–water partition coefficient (Wildman–Crippen LogP) is 2.55. The molecule has 0 amide bonds. The third-order valence-electron chi connectivity index (χ3n) is 4.16. The normalized spacial score (nSPS) is 38.4. The first-order chi connectivity index (χ1) is 7.33. The number of aliphatic hydroxyl groups is 1. The Morgan fingerprint density at radius 2 is 2.00 bits per heavy atom. The van der Waals surface area contributed by atoms with E-state index in [9.17, 15) is 5.11 Å². The molecule has 1 unspecified atom stereocenters. The maximum absolute atomic E-state index is 9.99. The van der Waals surface area contributed by atoms with E-state index in [0.29, 0.717) is 6.04 Å². The van der Waals surface area contributed by atoms with Gasteiger partial charge in [-0.25, -0.2) is 0 Å². The molecule has 0 aromatic rings. The van der Waals surface area contributed by atoms with Gasteiger partial charge in [0.25, 0.3) is 0 Å². The molecule has 0 bridgehead atoms. The summed E-state index contributed by atoms with van der Waals surface area (Å²) in [6.45, 7) is 3.50. The molecule has 0 aromatic carbocycles. The summed E-state index contributed by atoms with van der Waals surface area (Å²) in [5.41, 5.74) is 0. The van der Waals surface area contributed by atoms with E-state index in [4.69, 9.17) is 0 Å². The molecule has 1 aliphatic carbocycles. The number of likely N-dealkylation sites (tertiary alicyclic amines) is 1. The lowest BCUT2D eigenvalue weighted by Crippen LogP contribution is -2.49. The van der Waals surface area contributed by atoms with Gasteiger partial charge in [-0.1, -0.05) is 19.8 Å². The van der Waals surface area contributed by atoms with E-state index >= 15 is 0 Å². The van der Waals surface area contributed by atoms with Crippen LogP contribution in [0.4, 0.5) is 0 Å². The number of nitrogens with zero attached hydrogens (tertiary/aromatic N) is 1. The van der Waals surface area contributed by atoms with Crippen molar-refractivity contribution in [3.05, 3.63) is 0 Å². The lowest BCUT2D eigenvalue weighted by molar-refractivity contribution is 0.0219. The molecule has 1 saturated carbocycles. The van der Waals surface area contributed by atoms with Gasteiger partial charge in [-0.2, -0.15) is 0 Å². The predicted molar refractivity (Wildman–Crippen MR) is 62.9 cm³/mol. The molecule has 2 heteroatoms. The van der Waals surface area contributed by atoms with Crippen LogP contribution in [0.3, 0.4) is 0 Å². The van der Waals surface area contributed by atoms with Crippen molar-refractivity contribution in [1.29, 1.82) is 0 Å². The van der Waals surface area contributed by atoms with Crippen molar-refractivity contribution in [2.45, 2.75) is 76.5 Å². The van der Waals surface area contributed by atoms with Crippen LogP contribution in [0.2, 0.25) is 0 Å².